The van der Waals surface area contributed by atoms with Gasteiger partial charge in [0.2, 0.25) is 5.91 Å². The zero-order valence-corrected chi connectivity index (χ0v) is 21.9. The Bertz CT molecular complexity index is 1280. The van der Waals surface area contributed by atoms with Crippen LogP contribution in [0.15, 0.2) is 54.6 Å². The SMILES string of the molecule is CC(C)N(CC(=O)Nc1cc(C(C)(C)C)nn1-c1ccccc1Cl)C(=O)Nc1cccc(C(F)(F)F)c1. The number of rotatable bonds is 6. The van der Waals surface area contributed by atoms with Gasteiger partial charge in [0.25, 0.3) is 0 Å². The van der Waals surface area contributed by atoms with Crippen molar-refractivity contribution in [3.8, 4) is 5.69 Å². The van der Waals surface area contributed by atoms with Gasteiger partial charge in [-0.05, 0) is 44.2 Å². The van der Waals surface area contributed by atoms with Crippen LogP contribution in [0.2, 0.25) is 5.02 Å². The van der Waals surface area contributed by atoms with Crippen LogP contribution in [0.3, 0.4) is 0 Å². The van der Waals surface area contributed by atoms with E-state index in [4.69, 9.17) is 11.6 Å². The molecule has 2 N–H and O–H groups in total. The molecular weight excluding hydrogens is 507 g/mol. The van der Waals surface area contributed by atoms with E-state index in [1.807, 2.05) is 20.8 Å². The van der Waals surface area contributed by atoms with Crippen LogP contribution < -0.4 is 10.6 Å². The molecule has 0 atom stereocenters. The van der Waals surface area contributed by atoms with Gasteiger partial charge >= 0.3 is 12.2 Å². The fourth-order valence-corrected chi connectivity index (χ4v) is 3.65. The standard InChI is InChI=1S/C26H29ClF3N5O2/c1-16(2)34(24(37)31-18-10-8-9-17(13-18)26(28,29)30)15-23(36)32-22-14-21(25(3,4)5)33-35(22)20-12-7-6-11-19(20)27/h6-14,16H,15H2,1-5H3,(H,31,37)(H,32,36). The quantitative estimate of drug-likeness (QED) is 0.367. The lowest BCUT2D eigenvalue weighted by Gasteiger charge is -2.26. The molecule has 1 aromatic heterocycles. The molecule has 11 heteroatoms. The van der Waals surface area contributed by atoms with Crippen LogP contribution >= 0.6 is 11.6 Å². The highest BCUT2D eigenvalue weighted by atomic mass is 35.5. The van der Waals surface area contributed by atoms with E-state index in [0.29, 0.717) is 22.2 Å². The van der Waals surface area contributed by atoms with E-state index >= 15 is 0 Å². The van der Waals surface area contributed by atoms with Crippen molar-refractivity contribution < 1.29 is 22.8 Å². The van der Waals surface area contributed by atoms with Gasteiger partial charge in [-0.25, -0.2) is 9.48 Å². The second-order valence-electron chi connectivity index (χ2n) is 9.81. The van der Waals surface area contributed by atoms with Crippen molar-refractivity contribution in [1.29, 1.82) is 0 Å². The van der Waals surface area contributed by atoms with Gasteiger partial charge in [-0.2, -0.15) is 18.3 Å². The van der Waals surface area contributed by atoms with Crippen LogP contribution in [-0.2, 0) is 16.4 Å². The molecule has 0 saturated heterocycles. The smallest absolute Gasteiger partial charge is 0.313 e. The molecule has 0 aliphatic rings. The molecule has 198 valence electrons. The summed E-state index contributed by atoms with van der Waals surface area (Å²) in [6.07, 6.45) is -4.55. The van der Waals surface area contributed by atoms with Gasteiger partial charge in [-0.15, -0.1) is 0 Å². The number of amides is 3. The monoisotopic (exact) mass is 535 g/mol. The van der Waals surface area contributed by atoms with E-state index in [0.717, 1.165) is 12.1 Å². The summed E-state index contributed by atoms with van der Waals surface area (Å²) in [4.78, 5) is 27.2. The fourth-order valence-electron chi connectivity index (χ4n) is 3.44. The molecule has 3 amide bonds. The number of nitrogens with zero attached hydrogens (tertiary/aromatic N) is 3. The zero-order valence-electron chi connectivity index (χ0n) is 21.2. The Balaban J connectivity index is 1.82. The summed E-state index contributed by atoms with van der Waals surface area (Å²) in [7, 11) is 0. The van der Waals surface area contributed by atoms with Crippen LogP contribution in [0.25, 0.3) is 5.69 Å². The highest BCUT2D eigenvalue weighted by Gasteiger charge is 2.31. The maximum Gasteiger partial charge on any atom is 0.416 e. The van der Waals surface area contributed by atoms with Gasteiger partial charge in [0.05, 0.1) is 22.0 Å². The van der Waals surface area contributed by atoms with Crippen LogP contribution in [0.5, 0.6) is 0 Å². The number of nitrogens with one attached hydrogen (secondary N) is 2. The van der Waals surface area contributed by atoms with Crippen molar-refractivity contribution in [1.82, 2.24) is 14.7 Å². The molecule has 0 spiro atoms. The summed E-state index contributed by atoms with van der Waals surface area (Å²) >= 11 is 6.37. The third-order valence-corrected chi connectivity index (χ3v) is 5.78. The summed E-state index contributed by atoms with van der Waals surface area (Å²) in [5.41, 5.74) is 0.0451. The van der Waals surface area contributed by atoms with Crippen molar-refractivity contribution in [3.63, 3.8) is 0 Å². The molecule has 0 aliphatic carbocycles. The molecule has 0 aliphatic heterocycles. The molecule has 0 unspecified atom stereocenters. The number of hydrogen-bond acceptors (Lipinski definition) is 3. The minimum Gasteiger partial charge on any atom is -0.313 e. The molecule has 0 fully saturated rings. The lowest BCUT2D eigenvalue weighted by molar-refractivity contribution is -0.137. The summed E-state index contributed by atoms with van der Waals surface area (Å²) in [6, 6.07) is 12.0. The van der Waals surface area contributed by atoms with E-state index in [2.05, 4.69) is 15.7 Å². The molecule has 3 aromatic rings. The van der Waals surface area contributed by atoms with Gasteiger partial charge in [-0.3, -0.25) is 4.79 Å². The lowest BCUT2D eigenvalue weighted by Crippen LogP contribution is -2.44. The molecule has 7 nitrogen and oxygen atoms in total. The first kappa shape index (κ1) is 28.0. The Kier molecular flexibility index (Phi) is 8.22. The Labute approximate surface area is 218 Å². The van der Waals surface area contributed by atoms with Crippen molar-refractivity contribution in [3.05, 3.63) is 70.9 Å². The van der Waals surface area contributed by atoms with E-state index in [-0.39, 0.29) is 17.6 Å². The highest BCUT2D eigenvalue weighted by Crippen LogP contribution is 2.31. The Morgan fingerprint density at radius 1 is 1.03 bits per heavy atom. The van der Waals surface area contributed by atoms with Gasteiger partial charge in [0.1, 0.15) is 12.4 Å². The predicted molar refractivity (Wildman–Crippen MR) is 138 cm³/mol. The topological polar surface area (TPSA) is 79.3 Å². The number of para-hydroxylation sites is 1. The maximum absolute atomic E-state index is 13.0. The molecule has 37 heavy (non-hydrogen) atoms. The average Bonchev–Trinajstić information content (AvgIpc) is 3.21. The van der Waals surface area contributed by atoms with Crippen LogP contribution in [0.1, 0.15) is 45.9 Å². The largest absolute Gasteiger partial charge is 0.416 e. The van der Waals surface area contributed by atoms with E-state index in [1.54, 1.807) is 44.2 Å². The fraction of sp³-hybridized carbons (Fsp3) is 0.346. The van der Waals surface area contributed by atoms with Gasteiger partial charge in [0.15, 0.2) is 0 Å². The summed E-state index contributed by atoms with van der Waals surface area (Å²) in [5, 5.41) is 10.3. The first-order valence-corrected chi connectivity index (χ1v) is 11.9. The Morgan fingerprint density at radius 2 is 1.70 bits per heavy atom. The molecule has 0 saturated carbocycles. The number of halogens is 4. The van der Waals surface area contributed by atoms with Crippen molar-refractivity contribution in [2.24, 2.45) is 0 Å². The Morgan fingerprint density at radius 3 is 2.30 bits per heavy atom. The molecule has 1 heterocycles. The van der Waals surface area contributed by atoms with E-state index in [9.17, 15) is 22.8 Å². The summed E-state index contributed by atoms with van der Waals surface area (Å²) in [6.45, 7) is 9.00. The minimum absolute atomic E-state index is 0.0301. The first-order chi connectivity index (χ1) is 17.2. The molecular formula is C26H29ClF3N5O2. The number of benzene rings is 2. The summed E-state index contributed by atoms with van der Waals surface area (Å²) < 4.78 is 40.6. The number of aromatic nitrogens is 2. The van der Waals surface area contributed by atoms with E-state index < -0.39 is 29.7 Å². The first-order valence-electron chi connectivity index (χ1n) is 11.6. The number of carbonyl (C=O) groups is 2. The summed E-state index contributed by atoms with van der Waals surface area (Å²) in [5.74, 6) is -0.147. The maximum atomic E-state index is 13.0. The van der Waals surface area contributed by atoms with Gasteiger partial charge < -0.3 is 15.5 Å². The third kappa shape index (κ3) is 7.03. The van der Waals surface area contributed by atoms with Gasteiger partial charge in [-0.1, -0.05) is 50.6 Å². The van der Waals surface area contributed by atoms with Crippen LogP contribution in [0.4, 0.5) is 29.5 Å². The molecule has 0 bridgehead atoms. The lowest BCUT2D eigenvalue weighted by atomic mass is 9.92. The molecule has 2 aromatic carbocycles. The number of carbonyl (C=O) groups excluding carboxylic acids is 2. The molecule has 3 rings (SSSR count). The normalized spacial score (nSPS) is 11.9. The van der Waals surface area contributed by atoms with Gasteiger partial charge in [0, 0.05) is 23.2 Å². The third-order valence-electron chi connectivity index (χ3n) is 5.47. The predicted octanol–water partition coefficient (Wildman–Crippen LogP) is 6.72. The van der Waals surface area contributed by atoms with Crippen molar-refractivity contribution in [2.45, 2.75) is 52.3 Å². The number of alkyl halides is 3. The number of anilines is 2. The average molecular weight is 536 g/mol. The number of urea groups is 1. The van der Waals surface area contributed by atoms with Crippen LogP contribution in [-0.4, -0.2) is 39.2 Å². The Hall–Kier alpha value is -3.53. The molecule has 0 radical (unpaired) electrons. The van der Waals surface area contributed by atoms with E-state index in [1.165, 1.54) is 21.7 Å². The second-order valence-corrected chi connectivity index (χ2v) is 10.2. The van der Waals surface area contributed by atoms with Crippen molar-refractivity contribution in [2.75, 3.05) is 17.2 Å². The highest BCUT2D eigenvalue weighted by molar-refractivity contribution is 6.32. The zero-order chi connectivity index (χ0) is 27.5. The van der Waals surface area contributed by atoms with Crippen LogP contribution in [0, 0.1) is 0 Å². The second kappa shape index (κ2) is 10.8. The minimum atomic E-state index is -4.55. The van der Waals surface area contributed by atoms with Crippen molar-refractivity contribution >= 4 is 35.0 Å². The number of hydrogen-bond donors (Lipinski definition) is 2.